The highest BCUT2D eigenvalue weighted by molar-refractivity contribution is 6.12. The van der Waals surface area contributed by atoms with E-state index in [9.17, 15) is 14.4 Å². The molecule has 3 amide bonds. The first-order chi connectivity index (χ1) is 12.3. The number of amides is 3. The largest absolute Gasteiger partial charge is 0.497 e. The predicted octanol–water partition coefficient (Wildman–Crippen LogP) is 1.77. The Balaban J connectivity index is 2.46. The van der Waals surface area contributed by atoms with Crippen LogP contribution in [0.15, 0.2) is 24.3 Å². The number of methoxy groups -OCH3 is 2. The Morgan fingerprint density at radius 3 is 2.08 bits per heavy atom. The van der Waals surface area contributed by atoms with E-state index in [-0.39, 0.29) is 11.1 Å². The van der Waals surface area contributed by atoms with Crippen molar-refractivity contribution in [3.63, 3.8) is 0 Å². The molecule has 4 N–H and O–H groups in total. The highest BCUT2D eigenvalue weighted by Crippen LogP contribution is 2.24. The number of nitrogens with zero attached hydrogens (tertiary/aromatic N) is 1. The fourth-order valence-electron chi connectivity index (χ4n) is 2.61. The second kappa shape index (κ2) is 7.60. The first-order valence-electron chi connectivity index (χ1n) is 7.62. The number of hydrogen-bond donors (Lipinski definition) is 3. The molecule has 1 aromatic heterocycles. The number of carbonyl (C=O) groups is 3. The second-order valence-corrected chi connectivity index (χ2v) is 5.41. The van der Waals surface area contributed by atoms with Crippen LogP contribution in [0.5, 0.6) is 5.75 Å². The highest BCUT2D eigenvalue weighted by Gasteiger charge is 2.28. The summed E-state index contributed by atoms with van der Waals surface area (Å²) in [5, 5.41) is 2.70. The molecule has 0 saturated carbocycles. The van der Waals surface area contributed by atoms with Gasteiger partial charge in [0.2, 0.25) is 0 Å². The number of urea groups is 1. The van der Waals surface area contributed by atoms with Gasteiger partial charge in [-0.2, -0.15) is 0 Å². The molecule has 0 unspecified atom stereocenters. The summed E-state index contributed by atoms with van der Waals surface area (Å²) in [5.41, 5.74) is 8.83. The molecule has 0 fully saturated rings. The van der Waals surface area contributed by atoms with E-state index >= 15 is 0 Å². The van der Waals surface area contributed by atoms with Crippen molar-refractivity contribution in [2.75, 3.05) is 25.0 Å². The number of anilines is 1. The zero-order valence-electron chi connectivity index (χ0n) is 14.9. The van der Waals surface area contributed by atoms with Crippen molar-refractivity contribution in [3.8, 4) is 5.75 Å². The number of carbonyl (C=O) groups excluding carboxylic acids is 3. The van der Waals surface area contributed by atoms with Gasteiger partial charge >= 0.3 is 12.0 Å². The van der Waals surface area contributed by atoms with Crippen LogP contribution >= 0.6 is 0 Å². The van der Waals surface area contributed by atoms with Crippen molar-refractivity contribution < 1.29 is 23.9 Å². The number of primary amides is 1. The third-order valence-electron chi connectivity index (χ3n) is 3.83. The van der Waals surface area contributed by atoms with Crippen molar-refractivity contribution in [1.29, 1.82) is 0 Å². The summed E-state index contributed by atoms with van der Waals surface area (Å²) in [6, 6.07) is 5.87. The molecule has 9 heteroatoms. The molecule has 0 radical (unpaired) electrons. The zero-order valence-corrected chi connectivity index (χ0v) is 14.9. The van der Waals surface area contributed by atoms with Gasteiger partial charge in [0.1, 0.15) is 5.75 Å². The van der Waals surface area contributed by atoms with E-state index in [2.05, 4.69) is 10.7 Å². The van der Waals surface area contributed by atoms with Gasteiger partial charge in [0.15, 0.2) is 0 Å². The SMILES string of the molecule is COC(=O)c1c(C(=O)Nc2ccc(OC)cc2)c(C)n(NC(N)=O)c1C. The van der Waals surface area contributed by atoms with Gasteiger partial charge in [-0.3, -0.25) is 9.47 Å². The van der Waals surface area contributed by atoms with Gasteiger partial charge in [-0.15, -0.1) is 0 Å². The highest BCUT2D eigenvalue weighted by atomic mass is 16.5. The molecule has 2 rings (SSSR count). The molecule has 1 aromatic carbocycles. The number of esters is 1. The summed E-state index contributed by atoms with van der Waals surface area (Å²) in [5.74, 6) is -0.584. The normalized spacial score (nSPS) is 10.2. The maximum absolute atomic E-state index is 12.8. The molecule has 2 aromatic rings. The molecule has 138 valence electrons. The van der Waals surface area contributed by atoms with Crippen molar-refractivity contribution in [1.82, 2.24) is 4.68 Å². The summed E-state index contributed by atoms with van der Waals surface area (Å²) in [7, 11) is 2.75. The van der Waals surface area contributed by atoms with Crippen molar-refractivity contribution >= 4 is 23.6 Å². The third-order valence-corrected chi connectivity index (χ3v) is 3.83. The molecule has 9 nitrogen and oxygen atoms in total. The smallest absolute Gasteiger partial charge is 0.340 e. The molecule has 0 aliphatic carbocycles. The van der Waals surface area contributed by atoms with E-state index in [1.807, 2.05) is 0 Å². The standard InChI is InChI=1S/C17H20N4O5/c1-9-13(15(22)19-11-5-7-12(25-3)8-6-11)14(16(23)26-4)10(2)21(9)20-17(18)24/h5-8H,1-4H3,(H,19,22)(H3,18,20,24). The van der Waals surface area contributed by atoms with Crippen LogP contribution in [0.25, 0.3) is 0 Å². The van der Waals surface area contributed by atoms with Crippen LogP contribution in [0.3, 0.4) is 0 Å². The van der Waals surface area contributed by atoms with Crippen molar-refractivity contribution in [2.45, 2.75) is 13.8 Å². The molecule has 0 saturated heterocycles. The molecule has 0 spiro atoms. The summed E-state index contributed by atoms with van der Waals surface area (Å²) < 4.78 is 11.1. The van der Waals surface area contributed by atoms with Crippen LogP contribution in [0.4, 0.5) is 10.5 Å². The summed E-state index contributed by atoms with van der Waals surface area (Å²) >= 11 is 0. The summed E-state index contributed by atoms with van der Waals surface area (Å²) in [6.45, 7) is 3.15. The van der Waals surface area contributed by atoms with Gasteiger partial charge in [-0.05, 0) is 38.1 Å². The average molecular weight is 360 g/mol. The minimum absolute atomic E-state index is 0.0461. The number of aromatic nitrogens is 1. The second-order valence-electron chi connectivity index (χ2n) is 5.41. The minimum atomic E-state index is -0.829. The van der Waals surface area contributed by atoms with Gasteiger partial charge < -0.3 is 20.5 Å². The Labute approximate surface area is 150 Å². The van der Waals surface area contributed by atoms with Gasteiger partial charge in [0.05, 0.1) is 36.7 Å². The minimum Gasteiger partial charge on any atom is -0.497 e. The molecule has 0 aliphatic rings. The van der Waals surface area contributed by atoms with Crippen LogP contribution in [-0.4, -0.2) is 36.8 Å². The number of hydrogen-bond acceptors (Lipinski definition) is 5. The van der Waals surface area contributed by atoms with E-state index in [0.29, 0.717) is 22.8 Å². The Kier molecular flexibility index (Phi) is 5.51. The first-order valence-corrected chi connectivity index (χ1v) is 7.62. The van der Waals surface area contributed by atoms with E-state index in [0.717, 1.165) is 0 Å². The predicted molar refractivity (Wildman–Crippen MR) is 95.1 cm³/mol. The van der Waals surface area contributed by atoms with Crippen LogP contribution in [0, 0.1) is 13.8 Å². The Bertz CT molecular complexity index is 855. The topological polar surface area (TPSA) is 125 Å². The monoisotopic (exact) mass is 360 g/mol. The molecule has 0 atom stereocenters. The Morgan fingerprint density at radius 2 is 1.58 bits per heavy atom. The maximum Gasteiger partial charge on any atom is 0.340 e. The number of benzene rings is 1. The Hall–Kier alpha value is -3.49. The molecule has 26 heavy (non-hydrogen) atoms. The maximum atomic E-state index is 12.8. The Morgan fingerprint density at radius 1 is 1.00 bits per heavy atom. The van der Waals surface area contributed by atoms with Crippen molar-refractivity contribution in [3.05, 3.63) is 46.8 Å². The van der Waals surface area contributed by atoms with Gasteiger partial charge in [-0.1, -0.05) is 0 Å². The van der Waals surface area contributed by atoms with Crippen LogP contribution in [-0.2, 0) is 4.74 Å². The number of ether oxygens (including phenoxy) is 2. The molecular formula is C17H20N4O5. The van der Waals surface area contributed by atoms with E-state index in [1.165, 1.54) is 18.9 Å². The van der Waals surface area contributed by atoms with Crippen molar-refractivity contribution in [2.24, 2.45) is 5.73 Å². The average Bonchev–Trinajstić information content (AvgIpc) is 2.86. The quantitative estimate of drug-likeness (QED) is 0.701. The fraction of sp³-hybridized carbons (Fsp3) is 0.235. The van der Waals surface area contributed by atoms with Crippen LogP contribution in [0.2, 0.25) is 0 Å². The molecule has 0 aliphatic heterocycles. The number of nitrogens with two attached hydrogens (primary N) is 1. The van der Waals surface area contributed by atoms with Gasteiger partial charge in [0.25, 0.3) is 5.91 Å². The molecule has 0 bridgehead atoms. The first kappa shape index (κ1) is 18.8. The lowest BCUT2D eigenvalue weighted by Gasteiger charge is -2.09. The van der Waals surface area contributed by atoms with Gasteiger partial charge in [0, 0.05) is 5.69 Å². The van der Waals surface area contributed by atoms with Crippen LogP contribution < -0.4 is 21.2 Å². The van der Waals surface area contributed by atoms with E-state index in [4.69, 9.17) is 15.2 Å². The zero-order chi connectivity index (χ0) is 19.4. The number of nitrogens with one attached hydrogen (secondary N) is 2. The van der Waals surface area contributed by atoms with E-state index in [1.54, 1.807) is 38.1 Å². The lowest BCUT2D eigenvalue weighted by atomic mass is 10.1. The number of rotatable bonds is 5. The lowest BCUT2D eigenvalue weighted by molar-refractivity contribution is 0.0596. The fourth-order valence-corrected chi connectivity index (χ4v) is 2.61. The molecule has 1 heterocycles. The van der Waals surface area contributed by atoms with Gasteiger partial charge in [-0.25, -0.2) is 15.0 Å². The van der Waals surface area contributed by atoms with Crippen LogP contribution in [0.1, 0.15) is 32.1 Å². The third kappa shape index (κ3) is 3.61. The summed E-state index contributed by atoms with van der Waals surface area (Å²) in [6.07, 6.45) is 0. The summed E-state index contributed by atoms with van der Waals surface area (Å²) in [4.78, 5) is 36.2. The molecular weight excluding hydrogens is 340 g/mol. The van der Waals surface area contributed by atoms with E-state index < -0.39 is 17.9 Å². The lowest BCUT2D eigenvalue weighted by Crippen LogP contribution is -2.30.